The molecule has 1 aliphatic heterocycles. The highest BCUT2D eigenvalue weighted by atomic mass is 16.2. The van der Waals surface area contributed by atoms with Crippen molar-refractivity contribution in [3.63, 3.8) is 0 Å². The van der Waals surface area contributed by atoms with E-state index in [9.17, 15) is 4.79 Å². The average Bonchev–Trinajstić information content (AvgIpc) is 2.28. The van der Waals surface area contributed by atoms with Gasteiger partial charge in [0.1, 0.15) is 0 Å². The molecule has 2 rings (SSSR count). The van der Waals surface area contributed by atoms with Gasteiger partial charge in [-0.3, -0.25) is 14.7 Å². The second-order valence-corrected chi connectivity index (χ2v) is 5.93. The minimum atomic E-state index is 0.0463. The summed E-state index contributed by atoms with van der Waals surface area (Å²) < 4.78 is 0. The SMILES string of the molecule is CN1CCN(c2ccc(C(C)(C)C)nc2)C(=O)C1. The Labute approximate surface area is 109 Å². The standard InChI is InChI=1S/C14H21N3O/c1-14(2,3)12-6-5-11(9-15-12)17-8-7-16(4)10-13(17)18/h5-6,9H,7-8,10H2,1-4H3. The molecule has 1 aliphatic rings. The molecule has 1 aromatic rings. The number of rotatable bonds is 1. The van der Waals surface area contributed by atoms with Crippen LogP contribution in [0.3, 0.4) is 0 Å². The lowest BCUT2D eigenvalue weighted by atomic mass is 9.92. The van der Waals surface area contributed by atoms with Gasteiger partial charge in [-0.2, -0.15) is 0 Å². The Morgan fingerprint density at radius 3 is 2.44 bits per heavy atom. The van der Waals surface area contributed by atoms with Crippen LogP contribution in [0, 0.1) is 0 Å². The van der Waals surface area contributed by atoms with Gasteiger partial charge in [0.05, 0.1) is 18.4 Å². The first-order valence-electron chi connectivity index (χ1n) is 6.33. The number of likely N-dealkylation sites (N-methyl/N-ethyl adjacent to an activating group) is 1. The molecule has 0 bridgehead atoms. The number of carbonyl (C=O) groups is 1. The number of anilines is 1. The van der Waals surface area contributed by atoms with Gasteiger partial charge in [0.25, 0.3) is 0 Å². The zero-order valence-electron chi connectivity index (χ0n) is 11.6. The lowest BCUT2D eigenvalue weighted by Crippen LogP contribution is -2.48. The van der Waals surface area contributed by atoms with Crippen LogP contribution < -0.4 is 4.90 Å². The Bertz CT molecular complexity index is 433. The number of hydrogen-bond donors (Lipinski definition) is 0. The fraction of sp³-hybridized carbons (Fsp3) is 0.571. The summed E-state index contributed by atoms with van der Waals surface area (Å²) in [6, 6.07) is 4.01. The molecule has 1 fully saturated rings. The lowest BCUT2D eigenvalue weighted by molar-refractivity contribution is -0.120. The molecule has 0 saturated carbocycles. The molecular formula is C14H21N3O. The third kappa shape index (κ3) is 2.70. The fourth-order valence-electron chi connectivity index (χ4n) is 2.05. The van der Waals surface area contributed by atoms with Gasteiger partial charge in [0, 0.05) is 24.2 Å². The largest absolute Gasteiger partial charge is 0.308 e. The van der Waals surface area contributed by atoms with Crippen molar-refractivity contribution in [3.8, 4) is 0 Å². The zero-order chi connectivity index (χ0) is 13.3. The van der Waals surface area contributed by atoms with Crippen LogP contribution in [0.15, 0.2) is 18.3 Å². The Hall–Kier alpha value is -1.42. The molecule has 1 amide bonds. The highest BCUT2D eigenvalue weighted by Crippen LogP contribution is 2.23. The van der Waals surface area contributed by atoms with Crippen LogP contribution in [-0.4, -0.2) is 42.5 Å². The normalized spacial score (nSPS) is 18.2. The van der Waals surface area contributed by atoms with Crippen molar-refractivity contribution in [3.05, 3.63) is 24.0 Å². The van der Waals surface area contributed by atoms with Gasteiger partial charge in [-0.05, 0) is 19.2 Å². The van der Waals surface area contributed by atoms with Crippen LogP contribution in [-0.2, 0) is 10.2 Å². The van der Waals surface area contributed by atoms with E-state index in [1.807, 2.05) is 35.2 Å². The Morgan fingerprint density at radius 2 is 1.94 bits per heavy atom. The first-order valence-corrected chi connectivity index (χ1v) is 6.33. The minimum Gasteiger partial charge on any atom is -0.308 e. The van der Waals surface area contributed by atoms with E-state index in [4.69, 9.17) is 0 Å². The molecule has 18 heavy (non-hydrogen) atoms. The van der Waals surface area contributed by atoms with Gasteiger partial charge in [0.15, 0.2) is 0 Å². The van der Waals surface area contributed by atoms with Crippen LogP contribution in [0.1, 0.15) is 26.5 Å². The molecule has 2 heterocycles. The van der Waals surface area contributed by atoms with E-state index in [0.29, 0.717) is 6.54 Å². The van der Waals surface area contributed by atoms with E-state index >= 15 is 0 Å². The van der Waals surface area contributed by atoms with Crippen molar-refractivity contribution < 1.29 is 4.79 Å². The minimum absolute atomic E-state index is 0.0463. The Balaban J connectivity index is 2.17. The first-order chi connectivity index (χ1) is 8.38. The summed E-state index contributed by atoms with van der Waals surface area (Å²) in [7, 11) is 1.97. The molecule has 1 saturated heterocycles. The van der Waals surface area contributed by atoms with Gasteiger partial charge in [-0.25, -0.2) is 0 Å². The highest BCUT2D eigenvalue weighted by Gasteiger charge is 2.23. The highest BCUT2D eigenvalue weighted by molar-refractivity contribution is 5.95. The number of amides is 1. The van der Waals surface area contributed by atoms with Crippen molar-refractivity contribution in [2.24, 2.45) is 0 Å². The fourth-order valence-corrected chi connectivity index (χ4v) is 2.05. The predicted octanol–water partition coefficient (Wildman–Crippen LogP) is 1.66. The zero-order valence-corrected chi connectivity index (χ0v) is 11.6. The van der Waals surface area contributed by atoms with Gasteiger partial charge < -0.3 is 4.90 Å². The molecule has 4 nitrogen and oxygen atoms in total. The molecule has 0 spiro atoms. The molecule has 0 radical (unpaired) electrons. The number of piperazine rings is 1. The quantitative estimate of drug-likeness (QED) is 0.757. The predicted molar refractivity (Wildman–Crippen MR) is 72.8 cm³/mol. The van der Waals surface area contributed by atoms with Crippen molar-refractivity contribution in [2.45, 2.75) is 26.2 Å². The molecular weight excluding hydrogens is 226 g/mol. The molecule has 0 aromatic carbocycles. The third-order valence-electron chi connectivity index (χ3n) is 3.24. The van der Waals surface area contributed by atoms with E-state index < -0.39 is 0 Å². The maximum atomic E-state index is 11.9. The summed E-state index contributed by atoms with van der Waals surface area (Å²) >= 11 is 0. The van der Waals surface area contributed by atoms with Crippen molar-refractivity contribution in [2.75, 3.05) is 31.6 Å². The van der Waals surface area contributed by atoms with Crippen LogP contribution in [0.4, 0.5) is 5.69 Å². The van der Waals surface area contributed by atoms with E-state index in [0.717, 1.165) is 24.5 Å². The Morgan fingerprint density at radius 1 is 1.22 bits per heavy atom. The van der Waals surface area contributed by atoms with Crippen LogP contribution in [0.5, 0.6) is 0 Å². The van der Waals surface area contributed by atoms with Crippen LogP contribution in [0.2, 0.25) is 0 Å². The molecule has 1 aromatic heterocycles. The monoisotopic (exact) mass is 247 g/mol. The smallest absolute Gasteiger partial charge is 0.241 e. The van der Waals surface area contributed by atoms with Crippen molar-refractivity contribution in [1.29, 1.82) is 0 Å². The second-order valence-electron chi connectivity index (χ2n) is 5.93. The molecule has 0 N–H and O–H groups in total. The molecule has 0 atom stereocenters. The van der Waals surface area contributed by atoms with E-state index in [-0.39, 0.29) is 11.3 Å². The van der Waals surface area contributed by atoms with Gasteiger partial charge in [0.2, 0.25) is 5.91 Å². The number of aromatic nitrogens is 1. The average molecular weight is 247 g/mol. The third-order valence-corrected chi connectivity index (χ3v) is 3.24. The summed E-state index contributed by atoms with van der Waals surface area (Å²) in [5, 5.41) is 0. The Kier molecular flexibility index (Phi) is 3.39. The molecule has 98 valence electrons. The van der Waals surface area contributed by atoms with Gasteiger partial charge >= 0.3 is 0 Å². The summed E-state index contributed by atoms with van der Waals surface area (Å²) in [6.07, 6.45) is 1.81. The van der Waals surface area contributed by atoms with Crippen molar-refractivity contribution >= 4 is 11.6 Å². The maximum Gasteiger partial charge on any atom is 0.241 e. The number of carbonyl (C=O) groups excluding carboxylic acids is 1. The van der Waals surface area contributed by atoms with Gasteiger partial charge in [-0.15, -0.1) is 0 Å². The van der Waals surface area contributed by atoms with Crippen molar-refractivity contribution in [1.82, 2.24) is 9.88 Å². The number of hydrogen-bond acceptors (Lipinski definition) is 3. The molecule has 0 aliphatic carbocycles. The summed E-state index contributed by atoms with van der Waals surface area (Å²) in [5.74, 6) is 0.147. The van der Waals surface area contributed by atoms with Crippen LogP contribution >= 0.6 is 0 Å². The van der Waals surface area contributed by atoms with E-state index in [1.165, 1.54) is 0 Å². The van der Waals surface area contributed by atoms with E-state index in [1.54, 1.807) is 0 Å². The number of nitrogens with zero attached hydrogens (tertiary/aromatic N) is 3. The number of pyridine rings is 1. The summed E-state index contributed by atoms with van der Waals surface area (Å²) in [4.78, 5) is 20.3. The molecule has 0 unspecified atom stereocenters. The maximum absolute atomic E-state index is 11.9. The van der Waals surface area contributed by atoms with Gasteiger partial charge in [-0.1, -0.05) is 20.8 Å². The molecule has 4 heteroatoms. The summed E-state index contributed by atoms with van der Waals surface area (Å²) in [5.41, 5.74) is 2.00. The van der Waals surface area contributed by atoms with Crippen LogP contribution in [0.25, 0.3) is 0 Å². The lowest BCUT2D eigenvalue weighted by Gasteiger charge is -2.32. The summed E-state index contributed by atoms with van der Waals surface area (Å²) in [6.45, 7) is 8.54. The van der Waals surface area contributed by atoms with E-state index in [2.05, 4.69) is 25.8 Å². The second kappa shape index (κ2) is 4.69. The first kappa shape index (κ1) is 13.0. The topological polar surface area (TPSA) is 36.4 Å².